The van der Waals surface area contributed by atoms with Crippen LogP contribution in [-0.4, -0.2) is 38.3 Å². The van der Waals surface area contributed by atoms with Crippen molar-refractivity contribution in [2.75, 3.05) is 13.2 Å². The number of nitrogens with one attached hydrogen (secondary N) is 2. The summed E-state index contributed by atoms with van der Waals surface area (Å²) in [6.45, 7) is -0.594. The third-order valence-corrected chi connectivity index (χ3v) is 6.07. The summed E-state index contributed by atoms with van der Waals surface area (Å²) < 4.78 is 31.0. The number of hydrogen-bond acceptors (Lipinski definition) is 5. The summed E-state index contributed by atoms with van der Waals surface area (Å²) in [5, 5.41) is 4.71. The Morgan fingerprint density at radius 2 is 1.68 bits per heavy atom. The van der Waals surface area contributed by atoms with E-state index in [0.717, 1.165) is 0 Å². The normalized spacial score (nSPS) is 19.4. The average Bonchev–Trinajstić information content (AvgIpc) is 2.64. The van der Waals surface area contributed by atoms with E-state index in [1.54, 1.807) is 48.5 Å². The Balaban J connectivity index is 1.77. The molecule has 1 heterocycles. The van der Waals surface area contributed by atoms with Crippen LogP contribution in [0.25, 0.3) is 0 Å². The largest absolute Gasteiger partial charge is 0.484 e. The van der Waals surface area contributed by atoms with Gasteiger partial charge in [0.05, 0.1) is 11.4 Å². The van der Waals surface area contributed by atoms with Crippen LogP contribution in [0.4, 0.5) is 0 Å². The van der Waals surface area contributed by atoms with Crippen molar-refractivity contribution >= 4 is 21.7 Å². The first-order valence-electron chi connectivity index (χ1n) is 7.52. The van der Waals surface area contributed by atoms with Gasteiger partial charge in [-0.1, -0.05) is 36.4 Å². The Labute approximate surface area is 144 Å². The first kappa shape index (κ1) is 17.0. The molecule has 3 rings (SSSR count). The lowest BCUT2D eigenvalue weighted by Gasteiger charge is -2.40. The zero-order valence-electron chi connectivity index (χ0n) is 13.1. The van der Waals surface area contributed by atoms with Crippen molar-refractivity contribution in [1.29, 1.82) is 0 Å². The summed E-state index contributed by atoms with van der Waals surface area (Å²) in [6, 6.07) is 16.2. The van der Waals surface area contributed by atoms with E-state index < -0.39 is 33.1 Å². The topological polar surface area (TPSA) is 102 Å². The van der Waals surface area contributed by atoms with Gasteiger partial charge in [0.25, 0.3) is 11.8 Å². The molecule has 0 bridgehead atoms. The molecule has 1 aliphatic heterocycles. The van der Waals surface area contributed by atoms with Crippen LogP contribution in [0.1, 0.15) is 0 Å². The average molecular weight is 360 g/mol. The Bertz CT molecular complexity index is 884. The predicted octanol–water partition coefficient (Wildman–Crippen LogP) is 0.482. The molecule has 2 aromatic carbocycles. The highest BCUT2D eigenvalue weighted by molar-refractivity contribution is 7.93. The lowest BCUT2D eigenvalue weighted by molar-refractivity contribution is -0.136. The smallest absolute Gasteiger partial charge is 0.264 e. The van der Waals surface area contributed by atoms with Gasteiger partial charge in [-0.3, -0.25) is 9.59 Å². The quantitative estimate of drug-likeness (QED) is 0.730. The molecular formula is C17H16N2O5S. The molecule has 8 heteroatoms. The summed E-state index contributed by atoms with van der Waals surface area (Å²) in [4.78, 5) is 22.2. The van der Waals surface area contributed by atoms with E-state index in [4.69, 9.17) is 4.74 Å². The van der Waals surface area contributed by atoms with E-state index in [1.165, 1.54) is 12.1 Å². The molecule has 1 fully saturated rings. The summed E-state index contributed by atoms with van der Waals surface area (Å²) in [7, 11) is -4.09. The molecule has 1 saturated heterocycles. The minimum atomic E-state index is -4.09. The minimum Gasteiger partial charge on any atom is -0.484 e. The molecule has 2 aromatic rings. The van der Waals surface area contributed by atoms with Gasteiger partial charge in [-0.2, -0.15) is 0 Å². The highest BCUT2D eigenvalue weighted by Crippen LogP contribution is 2.28. The van der Waals surface area contributed by atoms with Gasteiger partial charge in [-0.15, -0.1) is 0 Å². The highest BCUT2D eigenvalue weighted by Gasteiger charge is 2.59. The second-order valence-electron chi connectivity index (χ2n) is 5.48. The zero-order valence-corrected chi connectivity index (χ0v) is 14.0. The van der Waals surface area contributed by atoms with Crippen LogP contribution in [0.15, 0.2) is 65.6 Å². The first-order chi connectivity index (χ1) is 12.0. The molecule has 0 aromatic heterocycles. The summed E-state index contributed by atoms with van der Waals surface area (Å²) in [5.41, 5.74) is 0. The fourth-order valence-corrected chi connectivity index (χ4v) is 4.18. The molecule has 2 N–H and O–H groups in total. The molecule has 1 aliphatic rings. The maximum absolute atomic E-state index is 12.8. The van der Waals surface area contributed by atoms with E-state index >= 15 is 0 Å². The molecule has 0 unspecified atom stereocenters. The van der Waals surface area contributed by atoms with Gasteiger partial charge in [-0.05, 0) is 24.3 Å². The minimum absolute atomic E-state index is 0.0332. The number of para-hydroxylation sites is 1. The Hall–Kier alpha value is -2.87. The molecule has 25 heavy (non-hydrogen) atoms. The SMILES string of the molecule is O=C(COc1ccccc1)N[C@@]1(S(=O)(=O)c2ccccc2)CNC1=O. The number of ether oxygens (including phenoxy) is 1. The maximum Gasteiger partial charge on any atom is 0.264 e. The maximum atomic E-state index is 12.8. The van der Waals surface area contributed by atoms with Crippen LogP contribution in [0, 0.1) is 0 Å². The molecule has 0 saturated carbocycles. The Morgan fingerprint density at radius 1 is 1.08 bits per heavy atom. The van der Waals surface area contributed by atoms with E-state index in [1.807, 2.05) is 0 Å². The number of benzene rings is 2. The molecule has 0 spiro atoms. The second-order valence-corrected chi connectivity index (χ2v) is 7.65. The van der Waals surface area contributed by atoms with Crippen molar-refractivity contribution in [3.8, 4) is 5.75 Å². The molecule has 7 nitrogen and oxygen atoms in total. The number of rotatable bonds is 6. The number of carbonyl (C=O) groups is 2. The third kappa shape index (κ3) is 3.08. The summed E-state index contributed by atoms with van der Waals surface area (Å²) in [6.07, 6.45) is 0. The molecule has 2 amide bonds. The van der Waals surface area contributed by atoms with Crippen LogP contribution in [0.5, 0.6) is 5.75 Å². The van der Waals surface area contributed by atoms with Crippen molar-refractivity contribution in [1.82, 2.24) is 10.6 Å². The first-order valence-corrected chi connectivity index (χ1v) is 9.01. The molecular weight excluding hydrogens is 344 g/mol. The fraction of sp³-hybridized carbons (Fsp3) is 0.176. The summed E-state index contributed by atoms with van der Waals surface area (Å²) >= 11 is 0. The molecule has 0 radical (unpaired) electrons. The number of amides is 2. The van der Waals surface area contributed by atoms with Gasteiger partial charge in [0.1, 0.15) is 5.75 Å². The zero-order chi connectivity index (χ0) is 17.9. The van der Waals surface area contributed by atoms with Gasteiger partial charge in [0.2, 0.25) is 14.7 Å². The van der Waals surface area contributed by atoms with Crippen molar-refractivity contribution < 1.29 is 22.7 Å². The Morgan fingerprint density at radius 3 is 2.20 bits per heavy atom. The second kappa shape index (κ2) is 6.56. The summed E-state index contributed by atoms with van der Waals surface area (Å²) in [5.74, 6) is -0.988. The predicted molar refractivity (Wildman–Crippen MR) is 89.4 cm³/mol. The third-order valence-electron chi connectivity index (χ3n) is 3.83. The van der Waals surface area contributed by atoms with E-state index in [9.17, 15) is 18.0 Å². The standard InChI is InChI=1S/C17H16N2O5S/c20-15(11-24-13-7-3-1-4-8-13)19-17(12-18-16(17)21)25(22,23)14-9-5-2-6-10-14/h1-10H,11-12H2,(H,18,21)(H,19,20)/t17-/m1/s1. The van der Waals surface area contributed by atoms with Gasteiger partial charge in [0, 0.05) is 0 Å². The van der Waals surface area contributed by atoms with Gasteiger partial charge in [0.15, 0.2) is 6.61 Å². The van der Waals surface area contributed by atoms with Crippen LogP contribution < -0.4 is 15.4 Å². The van der Waals surface area contributed by atoms with E-state index in [-0.39, 0.29) is 11.4 Å². The van der Waals surface area contributed by atoms with Gasteiger partial charge >= 0.3 is 0 Å². The monoisotopic (exact) mass is 360 g/mol. The fourth-order valence-electron chi connectivity index (χ4n) is 2.43. The number of carbonyl (C=O) groups excluding carboxylic acids is 2. The lowest BCUT2D eigenvalue weighted by atomic mass is 10.1. The van der Waals surface area contributed by atoms with Gasteiger partial charge < -0.3 is 15.4 Å². The molecule has 1 atom stereocenters. The van der Waals surface area contributed by atoms with Crippen LogP contribution in [0.3, 0.4) is 0 Å². The van der Waals surface area contributed by atoms with Crippen molar-refractivity contribution in [2.45, 2.75) is 9.77 Å². The van der Waals surface area contributed by atoms with Crippen LogP contribution >= 0.6 is 0 Å². The van der Waals surface area contributed by atoms with Crippen molar-refractivity contribution in [2.24, 2.45) is 0 Å². The van der Waals surface area contributed by atoms with Gasteiger partial charge in [-0.25, -0.2) is 8.42 Å². The van der Waals surface area contributed by atoms with Crippen molar-refractivity contribution in [3.05, 3.63) is 60.7 Å². The van der Waals surface area contributed by atoms with Crippen molar-refractivity contribution in [3.63, 3.8) is 0 Å². The molecule has 0 aliphatic carbocycles. The Kier molecular flexibility index (Phi) is 4.45. The lowest BCUT2D eigenvalue weighted by Crippen LogP contribution is -2.76. The highest BCUT2D eigenvalue weighted by atomic mass is 32.2. The molecule has 130 valence electrons. The van der Waals surface area contributed by atoms with Crippen LogP contribution in [0.2, 0.25) is 0 Å². The van der Waals surface area contributed by atoms with E-state index in [2.05, 4.69) is 10.6 Å². The van der Waals surface area contributed by atoms with E-state index in [0.29, 0.717) is 5.75 Å². The van der Waals surface area contributed by atoms with Crippen LogP contribution in [-0.2, 0) is 19.4 Å². The number of sulfone groups is 1. The number of hydrogen-bond donors (Lipinski definition) is 2. The number of β-lactam (4-membered cyclic amide) rings is 1.